The molecule has 6 nitrogen and oxygen atoms in total. The van der Waals surface area contributed by atoms with Crippen LogP contribution in [0.5, 0.6) is 0 Å². The van der Waals surface area contributed by atoms with Crippen LogP contribution in [0.15, 0.2) is 4.52 Å². The molecule has 1 saturated heterocycles. The number of amides is 1. The van der Waals surface area contributed by atoms with Gasteiger partial charge in [-0.05, 0) is 19.3 Å². The van der Waals surface area contributed by atoms with Crippen molar-refractivity contribution in [2.24, 2.45) is 0 Å². The van der Waals surface area contributed by atoms with Crippen LogP contribution in [0, 0.1) is 0 Å². The zero-order valence-corrected chi connectivity index (χ0v) is 12.8. The van der Waals surface area contributed by atoms with Gasteiger partial charge < -0.3 is 9.63 Å². The highest BCUT2D eigenvalue weighted by atomic mass is 16.5. The minimum atomic E-state index is -0.909. The number of aryl methyl sites for hydroxylation is 1. The zero-order chi connectivity index (χ0) is 15.1. The molecule has 0 radical (unpaired) electrons. The molecule has 2 rings (SSSR count). The largest absolute Gasteiger partial charge is 0.465 e. The van der Waals surface area contributed by atoms with Crippen LogP contribution in [0.1, 0.15) is 76.0 Å². The van der Waals surface area contributed by atoms with Crippen molar-refractivity contribution >= 4 is 6.09 Å². The number of unbranched alkanes of at least 4 members (excludes halogenated alkanes) is 5. The molecular weight excluding hydrogens is 270 g/mol. The number of hydrogen-bond acceptors (Lipinski definition) is 4. The van der Waals surface area contributed by atoms with Crippen molar-refractivity contribution in [3.63, 3.8) is 0 Å². The van der Waals surface area contributed by atoms with Crippen LogP contribution in [0.3, 0.4) is 0 Å². The van der Waals surface area contributed by atoms with E-state index in [1.54, 1.807) is 0 Å². The van der Waals surface area contributed by atoms with Crippen LogP contribution in [0.2, 0.25) is 0 Å². The van der Waals surface area contributed by atoms with Crippen molar-refractivity contribution in [1.82, 2.24) is 15.0 Å². The lowest BCUT2D eigenvalue weighted by molar-refractivity contribution is 0.131. The predicted molar refractivity (Wildman–Crippen MR) is 78.1 cm³/mol. The highest BCUT2D eigenvalue weighted by Gasteiger charge is 2.33. The SMILES string of the molecule is CCCCCCCCc1noc(C2CCCN2C(=O)O)n1. The standard InChI is InChI=1S/C15H25N3O3/c1-2-3-4-5-6-7-10-13-16-14(21-17-13)12-9-8-11-18(12)15(19)20/h12H,2-11H2,1H3,(H,19,20). The molecule has 0 aliphatic carbocycles. The number of likely N-dealkylation sites (tertiary alicyclic amines) is 1. The Balaban J connectivity index is 1.77. The number of hydrogen-bond donors (Lipinski definition) is 1. The van der Waals surface area contributed by atoms with Crippen molar-refractivity contribution in [1.29, 1.82) is 0 Å². The van der Waals surface area contributed by atoms with E-state index < -0.39 is 6.09 Å². The van der Waals surface area contributed by atoms with Crippen LogP contribution < -0.4 is 0 Å². The van der Waals surface area contributed by atoms with Gasteiger partial charge in [-0.3, -0.25) is 4.90 Å². The molecule has 21 heavy (non-hydrogen) atoms. The number of nitrogens with zero attached hydrogens (tertiary/aromatic N) is 3. The molecule has 0 aromatic carbocycles. The van der Waals surface area contributed by atoms with Crippen molar-refractivity contribution in [2.45, 2.75) is 70.8 Å². The Morgan fingerprint density at radius 2 is 2.10 bits per heavy atom. The fourth-order valence-corrected chi connectivity index (χ4v) is 2.82. The van der Waals surface area contributed by atoms with E-state index in [1.165, 1.54) is 37.0 Å². The van der Waals surface area contributed by atoms with Gasteiger partial charge in [0.2, 0.25) is 5.89 Å². The van der Waals surface area contributed by atoms with Crippen LogP contribution in [-0.2, 0) is 6.42 Å². The molecule has 1 aliphatic heterocycles. The molecule has 1 atom stereocenters. The summed E-state index contributed by atoms with van der Waals surface area (Å²) in [6.45, 7) is 2.76. The lowest BCUT2D eigenvalue weighted by atomic mass is 10.1. The first-order valence-corrected chi connectivity index (χ1v) is 8.04. The van der Waals surface area contributed by atoms with E-state index in [0.717, 1.165) is 25.7 Å². The van der Waals surface area contributed by atoms with Crippen LogP contribution in [0.25, 0.3) is 0 Å². The maximum Gasteiger partial charge on any atom is 0.407 e. The smallest absolute Gasteiger partial charge is 0.407 e. The molecule has 1 aliphatic rings. The Bertz CT molecular complexity index is 447. The van der Waals surface area contributed by atoms with Gasteiger partial charge in [-0.25, -0.2) is 4.79 Å². The molecular formula is C15H25N3O3. The molecule has 118 valence electrons. The van der Waals surface area contributed by atoms with Gasteiger partial charge in [0.1, 0.15) is 6.04 Å². The zero-order valence-electron chi connectivity index (χ0n) is 12.8. The summed E-state index contributed by atoms with van der Waals surface area (Å²) in [6.07, 6.45) is 8.90. The van der Waals surface area contributed by atoms with E-state index in [-0.39, 0.29) is 6.04 Å². The van der Waals surface area contributed by atoms with E-state index in [1.807, 2.05) is 0 Å². The van der Waals surface area contributed by atoms with Crippen molar-refractivity contribution in [3.05, 3.63) is 11.7 Å². The van der Waals surface area contributed by atoms with Crippen molar-refractivity contribution in [2.75, 3.05) is 6.54 Å². The Morgan fingerprint density at radius 1 is 1.33 bits per heavy atom. The molecule has 1 fully saturated rings. The second-order valence-electron chi connectivity index (χ2n) is 5.70. The molecule has 6 heteroatoms. The minimum absolute atomic E-state index is 0.256. The summed E-state index contributed by atoms with van der Waals surface area (Å²) in [4.78, 5) is 16.9. The van der Waals surface area contributed by atoms with Crippen LogP contribution >= 0.6 is 0 Å². The summed E-state index contributed by atoms with van der Waals surface area (Å²) in [6, 6.07) is -0.256. The molecule has 1 aromatic rings. The van der Waals surface area contributed by atoms with E-state index in [9.17, 15) is 4.79 Å². The Hall–Kier alpha value is -1.59. The first kappa shape index (κ1) is 15.8. The Labute approximate surface area is 125 Å². The second-order valence-corrected chi connectivity index (χ2v) is 5.70. The molecule has 1 N–H and O–H groups in total. The monoisotopic (exact) mass is 295 g/mol. The summed E-state index contributed by atoms with van der Waals surface area (Å²) in [7, 11) is 0. The third-order valence-electron chi connectivity index (χ3n) is 4.02. The summed E-state index contributed by atoms with van der Waals surface area (Å²) in [5, 5.41) is 13.1. The van der Waals surface area contributed by atoms with Crippen molar-refractivity contribution < 1.29 is 14.4 Å². The average Bonchev–Trinajstić information content (AvgIpc) is 3.10. The van der Waals surface area contributed by atoms with E-state index in [0.29, 0.717) is 18.3 Å². The summed E-state index contributed by atoms with van der Waals surface area (Å²) in [5.41, 5.74) is 0. The van der Waals surface area contributed by atoms with E-state index in [4.69, 9.17) is 9.63 Å². The average molecular weight is 295 g/mol. The molecule has 0 bridgehead atoms. The molecule has 1 amide bonds. The minimum Gasteiger partial charge on any atom is -0.465 e. The Kier molecular flexibility index (Phi) is 6.02. The van der Waals surface area contributed by atoms with Gasteiger partial charge in [0, 0.05) is 13.0 Å². The normalized spacial score (nSPS) is 18.3. The van der Waals surface area contributed by atoms with Gasteiger partial charge in [0.15, 0.2) is 5.82 Å². The van der Waals surface area contributed by atoms with Crippen molar-refractivity contribution in [3.8, 4) is 0 Å². The topological polar surface area (TPSA) is 79.5 Å². The van der Waals surface area contributed by atoms with Gasteiger partial charge >= 0.3 is 6.09 Å². The van der Waals surface area contributed by atoms with Gasteiger partial charge in [-0.15, -0.1) is 0 Å². The third kappa shape index (κ3) is 4.44. The first-order valence-electron chi connectivity index (χ1n) is 8.04. The van der Waals surface area contributed by atoms with E-state index in [2.05, 4.69) is 17.1 Å². The number of carboxylic acid groups (broad SMARTS) is 1. The number of rotatable bonds is 8. The van der Waals surface area contributed by atoms with Gasteiger partial charge in [0.05, 0.1) is 0 Å². The molecule has 1 aromatic heterocycles. The first-order chi connectivity index (χ1) is 10.2. The molecule has 2 heterocycles. The number of aromatic nitrogens is 2. The molecule has 0 saturated carbocycles. The third-order valence-corrected chi connectivity index (χ3v) is 4.02. The maximum atomic E-state index is 11.1. The lowest BCUT2D eigenvalue weighted by Gasteiger charge is -2.17. The Morgan fingerprint density at radius 3 is 2.86 bits per heavy atom. The molecule has 0 spiro atoms. The highest BCUT2D eigenvalue weighted by Crippen LogP contribution is 2.30. The van der Waals surface area contributed by atoms with E-state index >= 15 is 0 Å². The fraction of sp³-hybridized carbons (Fsp3) is 0.800. The predicted octanol–water partition coefficient (Wildman–Crippen LogP) is 3.79. The number of carbonyl (C=O) groups is 1. The lowest BCUT2D eigenvalue weighted by Crippen LogP contribution is -2.28. The van der Waals surface area contributed by atoms with Crippen LogP contribution in [-0.4, -0.2) is 32.8 Å². The van der Waals surface area contributed by atoms with Gasteiger partial charge in [0.25, 0.3) is 0 Å². The highest BCUT2D eigenvalue weighted by molar-refractivity contribution is 5.65. The maximum absolute atomic E-state index is 11.1. The van der Waals surface area contributed by atoms with Crippen LogP contribution in [0.4, 0.5) is 4.79 Å². The summed E-state index contributed by atoms with van der Waals surface area (Å²) < 4.78 is 5.26. The summed E-state index contributed by atoms with van der Waals surface area (Å²) >= 11 is 0. The summed E-state index contributed by atoms with van der Waals surface area (Å²) in [5.74, 6) is 1.16. The molecule has 1 unspecified atom stereocenters. The van der Waals surface area contributed by atoms with Gasteiger partial charge in [-0.1, -0.05) is 44.2 Å². The second kappa shape index (κ2) is 8.00. The quantitative estimate of drug-likeness (QED) is 0.738. The fourth-order valence-electron chi connectivity index (χ4n) is 2.82. The van der Waals surface area contributed by atoms with Gasteiger partial charge in [-0.2, -0.15) is 4.98 Å².